The second kappa shape index (κ2) is 10.0. The summed E-state index contributed by atoms with van der Waals surface area (Å²) in [6, 6.07) is 24.8. The summed E-state index contributed by atoms with van der Waals surface area (Å²) in [6.07, 6.45) is 2.00. The molecule has 0 radical (unpaired) electrons. The third-order valence-corrected chi connectivity index (χ3v) is 5.24. The van der Waals surface area contributed by atoms with E-state index in [9.17, 15) is 9.18 Å². The van der Waals surface area contributed by atoms with Crippen molar-refractivity contribution in [1.82, 2.24) is 15.1 Å². The zero-order valence-corrected chi connectivity index (χ0v) is 17.8. The molecule has 4 aromatic rings. The van der Waals surface area contributed by atoms with Crippen LogP contribution in [0.15, 0.2) is 85.1 Å². The molecule has 32 heavy (non-hydrogen) atoms. The van der Waals surface area contributed by atoms with Crippen molar-refractivity contribution in [2.75, 3.05) is 13.7 Å². The quantitative estimate of drug-likeness (QED) is 0.316. The second-order valence-corrected chi connectivity index (χ2v) is 7.33. The third kappa shape index (κ3) is 4.76. The van der Waals surface area contributed by atoms with E-state index in [1.165, 1.54) is 13.2 Å². The van der Waals surface area contributed by atoms with Crippen molar-refractivity contribution in [2.24, 2.45) is 0 Å². The van der Waals surface area contributed by atoms with Gasteiger partial charge in [-0.1, -0.05) is 54.6 Å². The number of nitrogens with one attached hydrogen (secondary N) is 1. The Morgan fingerprint density at radius 3 is 2.38 bits per heavy atom. The highest BCUT2D eigenvalue weighted by Gasteiger charge is 2.17. The van der Waals surface area contributed by atoms with Gasteiger partial charge in [0.2, 0.25) is 0 Å². The number of methoxy groups -OCH3 is 1. The first-order valence-corrected chi connectivity index (χ1v) is 10.4. The van der Waals surface area contributed by atoms with Gasteiger partial charge in [-0.15, -0.1) is 0 Å². The van der Waals surface area contributed by atoms with E-state index < -0.39 is 0 Å². The lowest BCUT2D eigenvalue weighted by Crippen LogP contribution is -2.18. The van der Waals surface area contributed by atoms with Gasteiger partial charge in [-0.2, -0.15) is 5.10 Å². The molecule has 0 saturated carbocycles. The predicted molar refractivity (Wildman–Crippen MR) is 123 cm³/mol. The predicted octanol–water partition coefficient (Wildman–Crippen LogP) is 5.00. The zero-order valence-electron chi connectivity index (χ0n) is 17.8. The maximum atomic E-state index is 14.7. The van der Waals surface area contributed by atoms with Gasteiger partial charge in [0, 0.05) is 24.2 Å². The number of rotatable bonds is 8. The molecule has 1 N–H and O–H groups in total. The molecule has 3 aromatic carbocycles. The monoisotopic (exact) mass is 429 g/mol. The summed E-state index contributed by atoms with van der Waals surface area (Å²) in [6.45, 7) is 0.906. The molecule has 0 saturated heterocycles. The summed E-state index contributed by atoms with van der Waals surface area (Å²) in [5, 5.41) is 7.77. The van der Waals surface area contributed by atoms with Gasteiger partial charge < -0.3 is 10.1 Å². The van der Waals surface area contributed by atoms with Crippen molar-refractivity contribution < 1.29 is 13.9 Å². The molecule has 0 unspecified atom stereocenters. The van der Waals surface area contributed by atoms with Gasteiger partial charge in [-0.05, 0) is 35.4 Å². The molecule has 0 spiro atoms. The summed E-state index contributed by atoms with van der Waals surface area (Å²) in [4.78, 5) is 11.3. The largest absolute Gasteiger partial charge is 0.469 e. The molecule has 162 valence electrons. The Kier molecular flexibility index (Phi) is 6.72. The Balaban J connectivity index is 1.65. The Hall–Kier alpha value is -3.77. The van der Waals surface area contributed by atoms with Crippen LogP contribution >= 0.6 is 0 Å². The number of hydrogen-bond acceptors (Lipinski definition) is 4. The lowest BCUT2D eigenvalue weighted by molar-refractivity contribution is -0.140. The first-order valence-electron chi connectivity index (χ1n) is 10.4. The minimum absolute atomic E-state index is 0.265. The van der Waals surface area contributed by atoms with Crippen LogP contribution in [0.4, 0.5) is 4.39 Å². The van der Waals surface area contributed by atoms with E-state index >= 15 is 0 Å². The van der Waals surface area contributed by atoms with Crippen LogP contribution in [-0.4, -0.2) is 29.4 Å². The molecule has 0 amide bonds. The van der Waals surface area contributed by atoms with Crippen molar-refractivity contribution in [2.45, 2.75) is 13.0 Å². The standard InChI is InChI=1S/C26H24FN3O2/c1-32-25(31)15-16-28-17-21-18-29-30(26(21)23-9-5-6-10-24(23)27)22-13-11-20(12-14-22)19-7-3-2-4-8-19/h2-14,18,28H,15-17H2,1H3. The van der Waals surface area contributed by atoms with Gasteiger partial charge in [0.15, 0.2) is 0 Å². The van der Waals surface area contributed by atoms with Crippen molar-refractivity contribution >= 4 is 5.97 Å². The van der Waals surface area contributed by atoms with E-state index in [1.54, 1.807) is 23.0 Å². The Labute approximate surface area is 186 Å². The first-order chi connectivity index (χ1) is 15.7. The van der Waals surface area contributed by atoms with E-state index in [2.05, 4.69) is 27.3 Å². The van der Waals surface area contributed by atoms with Crippen LogP contribution in [0.5, 0.6) is 0 Å². The van der Waals surface area contributed by atoms with Gasteiger partial charge in [0.25, 0.3) is 0 Å². The smallest absolute Gasteiger partial charge is 0.306 e. The highest BCUT2D eigenvalue weighted by molar-refractivity contribution is 5.70. The number of nitrogens with zero attached hydrogens (tertiary/aromatic N) is 2. The molecular formula is C26H24FN3O2. The fourth-order valence-electron chi connectivity index (χ4n) is 3.59. The molecule has 0 bridgehead atoms. The van der Waals surface area contributed by atoms with E-state index in [-0.39, 0.29) is 18.2 Å². The van der Waals surface area contributed by atoms with Crippen molar-refractivity contribution in [3.63, 3.8) is 0 Å². The third-order valence-electron chi connectivity index (χ3n) is 5.24. The van der Waals surface area contributed by atoms with Gasteiger partial charge in [-0.25, -0.2) is 9.07 Å². The Bertz CT molecular complexity index is 1190. The fraction of sp³-hybridized carbons (Fsp3) is 0.154. The number of benzene rings is 3. The second-order valence-electron chi connectivity index (χ2n) is 7.33. The van der Waals surface area contributed by atoms with Gasteiger partial charge in [0.1, 0.15) is 5.82 Å². The number of halogens is 1. The summed E-state index contributed by atoms with van der Waals surface area (Å²) >= 11 is 0. The SMILES string of the molecule is COC(=O)CCNCc1cnn(-c2ccc(-c3ccccc3)cc2)c1-c1ccccc1F. The number of ether oxygens (including phenoxy) is 1. The Morgan fingerprint density at radius 1 is 0.969 bits per heavy atom. The van der Waals surface area contributed by atoms with E-state index in [0.29, 0.717) is 24.3 Å². The van der Waals surface area contributed by atoms with Gasteiger partial charge in [0.05, 0.1) is 31.1 Å². The molecule has 1 aromatic heterocycles. The molecular weight excluding hydrogens is 405 g/mol. The summed E-state index contributed by atoms with van der Waals surface area (Å²) < 4.78 is 21.2. The normalized spacial score (nSPS) is 10.8. The molecule has 5 nitrogen and oxygen atoms in total. The van der Waals surface area contributed by atoms with Crippen molar-refractivity contribution in [3.8, 4) is 28.1 Å². The highest BCUT2D eigenvalue weighted by atomic mass is 19.1. The van der Waals surface area contributed by atoms with Gasteiger partial charge >= 0.3 is 5.97 Å². The zero-order chi connectivity index (χ0) is 22.3. The fourth-order valence-corrected chi connectivity index (χ4v) is 3.59. The maximum Gasteiger partial charge on any atom is 0.306 e. The van der Waals surface area contributed by atoms with Crippen LogP contribution in [0.2, 0.25) is 0 Å². The molecule has 0 fully saturated rings. The van der Waals surface area contributed by atoms with Crippen LogP contribution < -0.4 is 5.32 Å². The number of carbonyl (C=O) groups excluding carboxylic acids is 1. The van der Waals surface area contributed by atoms with Crippen LogP contribution in [0, 0.1) is 5.82 Å². The van der Waals surface area contributed by atoms with Crippen molar-refractivity contribution in [1.29, 1.82) is 0 Å². The minimum Gasteiger partial charge on any atom is -0.469 e. The first kappa shape index (κ1) is 21.5. The summed E-state index contributed by atoms with van der Waals surface area (Å²) in [5.74, 6) is -0.591. The molecule has 0 aliphatic heterocycles. The average Bonchev–Trinajstić information content (AvgIpc) is 3.26. The average molecular weight is 429 g/mol. The number of carbonyl (C=O) groups is 1. The minimum atomic E-state index is -0.314. The lowest BCUT2D eigenvalue weighted by atomic mass is 10.0. The number of aromatic nitrogens is 2. The molecule has 4 rings (SSSR count). The summed E-state index contributed by atoms with van der Waals surface area (Å²) in [5.41, 5.74) is 5.06. The van der Waals surface area contributed by atoms with Gasteiger partial charge in [-0.3, -0.25) is 4.79 Å². The molecule has 0 aliphatic carbocycles. The number of hydrogen-bond donors (Lipinski definition) is 1. The highest BCUT2D eigenvalue weighted by Crippen LogP contribution is 2.30. The van der Waals surface area contributed by atoms with E-state index in [1.807, 2.05) is 48.5 Å². The van der Waals surface area contributed by atoms with E-state index in [4.69, 9.17) is 0 Å². The molecule has 0 atom stereocenters. The molecule has 0 aliphatic rings. The Morgan fingerprint density at radius 2 is 1.66 bits per heavy atom. The topological polar surface area (TPSA) is 56.1 Å². The van der Waals surface area contributed by atoms with Crippen molar-refractivity contribution in [3.05, 3.63) is 96.4 Å². The summed E-state index contributed by atoms with van der Waals surface area (Å²) in [7, 11) is 1.37. The lowest BCUT2D eigenvalue weighted by Gasteiger charge is -2.12. The van der Waals surface area contributed by atoms with Crippen LogP contribution in [0.25, 0.3) is 28.1 Å². The van der Waals surface area contributed by atoms with Crippen LogP contribution in [-0.2, 0) is 16.1 Å². The van der Waals surface area contributed by atoms with E-state index in [0.717, 1.165) is 22.4 Å². The maximum absolute atomic E-state index is 14.7. The molecule has 1 heterocycles. The van der Waals surface area contributed by atoms with Crippen LogP contribution in [0.3, 0.4) is 0 Å². The molecule has 6 heteroatoms. The van der Waals surface area contributed by atoms with Crippen LogP contribution in [0.1, 0.15) is 12.0 Å². The number of esters is 1.